The molecule has 0 spiro atoms. The summed E-state index contributed by atoms with van der Waals surface area (Å²) >= 11 is 1.80. The zero-order valence-corrected chi connectivity index (χ0v) is 11.9. The van der Waals surface area contributed by atoms with E-state index in [2.05, 4.69) is 36.4 Å². The van der Waals surface area contributed by atoms with Crippen molar-refractivity contribution in [2.75, 3.05) is 19.6 Å². The normalized spacial score (nSPS) is 26.3. The molecule has 0 bridgehead atoms. The topological polar surface area (TPSA) is 37.0 Å². The van der Waals surface area contributed by atoms with Gasteiger partial charge < -0.3 is 10.6 Å². The average Bonchev–Trinajstić information content (AvgIpc) is 2.95. The van der Waals surface area contributed by atoms with Crippen molar-refractivity contribution in [3.8, 4) is 0 Å². The van der Waals surface area contributed by atoms with Crippen LogP contribution in [-0.4, -0.2) is 24.6 Å². The second-order valence-electron chi connectivity index (χ2n) is 5.19. The molecule has 1 aromatic heterocycles. The summed E-state index contributed by atoms with van der Waals surface area (Å²) in [6.07, 6.45) is 4.50. The van der Waals surface area contributed by atoms with Crippen molar-refractivity contribution < 1.29 is 0 Å². The Morgan fingerprint density at radius 2 is 2.47 bits per heavy atom. The van der Waals surface area contributed by atoms with Crippen LogP contribution in [0.4, 0.5) is 0 Å². The third-order valence-electron chi connectivity index (χ3n) is 3.87. The van der Waals surface area contributed by atoms with Crippen molar-refractivity contribution in [3.05, 3.63) is 16.1 Å². The Labute approximate surface area is 108 Å². The molecule has 2 atom stereocenters. The average molecular weight is 253 g/mol. The lowest BCUT2D eigenvalue weighted by Gasteiger charge is -2.28. The SMILES string of the molecule is CCC1(CNC(C)c2ncc(C)s2)CCNC1. The van der Waals surface area contributed by atoms with Gasteiger partial charge in [0.1, 0.15) is 5.01 Å². The molecular weight excluding hydrogens is 230 g/mol. The van der Waals surface area contributed by atoms with Gasteiger partial charge in [-0.2, -0.15) is 0 Å². The molecule has 1 aliphatic rings. The molecule has 1 saturated heterocycles. The van der Waals surface area contributed by atoms with E-state index >= 15 is 0 Å². The first-order valence-electron chi connectivity index (χ1n) is 6.52. The van der Waals surface area contributed by atoms with Gasteiger partial charge in [0.25, 0.3) is 0 Å². The van der Waals surface area contributed by atoms with Crippen LogP contribution < -0.4 is 10.6 Å². The van der Waals surface area contributed by atoms with Gasteiger partial charge in [0.15, 0.2) is 0 Å². The van der Waals surface area contributed by atoms with E-state index < -0.39 is 0 Å². The molecule has 17 heavy (non-hydrogen) atoms. The van der Waals surface area contributed by atoms with E-state index in [0.717, 1.165) is 13.1 Å². The number of nitrogens with one attached hydrogen (secondary N) is 2. The maximum atomic E-state index is 4.45. The summed E-state index contributed by atoms with van der Waals surface area (Å²) in [5.74, 6) is 0. The first kappa shape index (κ1) is 13.0. The Bertz CT molecular complexity index is 355. The Morgan fingerprint density at radius 3 is 3.00 bits per heavy atom. The molecule has 3 nitrogen and oxygen atoms in total. The van der Waals surface area contributed by atoms with Crippen molar-refractivity contribution in [2.45, 2.75) is 39.7 Å². The maximum Gasteiger partial charge on any atom is 0.109 e. The standard InChI is InChI=1S/C13H23N3S/c1-4-13(5-6-14-8-13)9-16-11(3)12-15-7-10(2)17-12/h7,11,14,16H,4-6,8-9H2,1-3H3. The van der Waals surface area contributed by atoms with E-state index in [-0.39, 0.29) is 0 Å². The molecule has 0 aromatic carbocycles. The van der Waals surface area contributed by atoms with E-state index in [1.54, 1.807) is 11.3 Å². The van der Waals surface area contributed by atoms with Crippen molar-refractivity contribution in [1.82, 2.24) is 15.6 Å². The summed E-state index contributed by atoms with van der Waals surface area (Å²) in [7, 11) is 0. The molecule has 1 aromatic rings. The zero-order valence-electron chi connectivity index (χ0n) is 11.0. The molecule has 2 heterocycles. The number of rotatable bonds is 5. The summed E-state index contributed by atoms with van der Waals surface area (Å²) in [6, 6.07) is 0.373. The largest absolute Gasteiger partial charge is 0.316 e. The smallest absolute Gasteiger partial charge is 0.109 e. The molecule has 1 aliphatic heterocycles. The third kappa shape index (κ3) is 3.06. The highest BCUT2D eigenvalue weighted by Gasteiger charge is 2.32. The van der Waals surface area contributed by atoms with Crippen LogP contribution in [-0.2, 0) is 0 Å². The van der Waals surface area contributed by atoms with Crippen LogP contribution in [0, 0.1) is 12.3 Å². The number of aryl methyl sites for hydroxylation is 1. The molecule has 2 N–H and O–H groups in total. The summed E-state index contributed by atoms with van der Waals surface area (Å²) in [6.45, 7) is 10.0. The Balaban J connectivity index is 1.89. The second kappa shape index (κ2) is 5.46. The molecule has 0 radical (unpaired) electrons. The van der Waals surface area contributed by atoms with Crippen LogP contribution in [0.5, 0.6) is 0 Å². The fourth-order valence-electron chi connectivity index (χ4n) is 2.40. The molecule has 96 valence electrons. The monoisotopic (exact) mass is 253 g/mol. The van der Waals surface area contributed by atoms with E-state index in [1.807, 2.05) is 6.20 Å². The quantitative estimate of drug-likeness (QED) is 0.846. The summed E-state index contributed by atoms with van der Waals surface area (Å²) in [5.41, 5.74) is 0.459. The minimum absolute atomic E-state index is 0.373. The molecular formula is C13H23N3S. The number of nitrogens with zero attached hydrogens (tertiary/aromatic N) is 1. The van der Waals surface area contributed by atoms with Gasteiger partial charge in [-0.1, -0.05) is 6.92 Å². The minimum Gasteiger partial charge on any atom is -0.316 e. The van der Waals surface area contributed by atoms with Gasteiger partial charge in [-0.25, -0.2) is 4.98 Å². The van der Waals surface area contributed by atoms with Crippen LogP contribution in [0.1, 0.15) is 42.6 Å². The van der Waals surface area contributed by atoms with Gasteiger partial charge in [-0.05, 0) is 38.6 Å². The zero-order chi connectivity index (χ0) is 12.3. The minimum atomic E-state index is 0.373. The van der Waals surface area contributed by atoms with Crippen molar-refractivity contribution in [1.29, 1.82) is 0 Å². The molecule has 0 amide bonds. The summed E-state index contributed by atoms with van der Waals surface area (Å²) < 4.78 is 0. The van der Waals surface area contributed by atoms with Crippen LogP contribution in [0.15, 0.2) is 6.20 Å². The van der Waals surface area contributed by atoms with Crippen molar-refractivity contribution in [2.24, 2.45) is 5.41 Å². The highest BCUT2D eigenvalue weighted by molar-refractivity contribution is 7.11. The lowest BCUT2D eigenvalue weighted by Crippen LogP contribution is -2.36. The number of aromatic nitrogens is 1. The summed E-state index contributed by atoms with van der Waals surface area (Å²) in [5, 5.41) is 8.34. The van der Waals surface area contributed by atoms with Gasteiger partial charge in [-0.3, -0.25) is 0 Å². The van der Waals surface area contributed by atoms with Crippen LogP contribution in [0.25, 0.3) is 0 Å². The van der Waals surface area contributed by atoms with E-state index in [4.69, 9.17) is 0 Å². The molecule has 1 fully saturated rings. The first-order chi connectivity index (χ1) is 8.15. The molecule has 2 rings (SSSR count). The molecule has 0 aliphatic carbocycles. The predicted molar refractivity (Wildman–Crippen MR) is 73.5 cm³/mol. The fraction of sp³-hybridized carbons (Fsp3) is 0.769. The lowest BCUT2D eigenvalue weighted by molar-refractivity contribution is 0.280. The van der Waals surface area contributed by atoms with Gasteiger partial charge in [0, 0.05) is 24.2 Å². The van der Waals surface area contributed by atoms with Gasteiger partial charge in [0.05, 0.1) is 6.04 Å². The van der Waals surface area contributed by atoms with Crippen molar-refractivity contribution >= 4 is 11.3 Å². The third-order valence-corrected chi connectivity index (χ3v) is 4.97. The van der Waals surface area contributed by atoms with Crippen LogP contribution in [0.3, 0.4) is 0 Å². The number of hydrogen-bond donors (Lipinski definition) is 2. The Kier molecular flexibility index (Phi) is 4.17. The highest BCUT2D eigenvalue weighted by Crippen LogP contribution is 2.29. The van der Waals surface area contributed by atoms with E-state index in [0.29, 0.717) is 11.5 Å². The Morgan fingerprint density at radius 1 is 1.65 bits per heavy atom. The molecule has 4 heteroatoms. The van der Waals surface area contributed by atoms with E-state index in [9.17, 15) is 0 Å². The van der Waals surface area contributed by atoms with E-state index in [1.165, 1.54) is 29.3 Å². The molecule has 0 saturated carbocycles. The van der Waals surface area contributed by atoms with Gasteiger partial charge in [-0.15, -0.1) is 11.3 Å². The van der Waals surface area contributed by atoms with Crippen LogP contribution >= 0.6 is 11.3 Å². The van der Waals surface area contributed by atoms with Gasteiger partial charge in [0.2, 0.25) is 0 Å². The van der Waals surface area contributed by atoms with Gasteiger partial charge >= 0.3 is 0 Å². The summed E-state index contributed by atoms with van der Waals surface area (Å²) in [4.78, 5) is 5.74. The highest BCUT2D eigenvalue weighted by atomic mass is 32.1. The molecule has 2 unspecified atom stereocenters. The Hall–Kier alpha value is -0.450. The first-order valence-corrected chi connectivity index (χ1v) is 7.33. The van der Waals surface area contributed by atoms with Crippen molar-refractivity contribution in [3.63, 3.8) is 0 Å². The second-order valence-corrected chi connectivity index (χ2v) is 6.46. The predicted octanol–water partition coefficient (Wildman–Crippen LogP) is 2.49. The lowest BCUT2D eigenvalue weighted by atomic mass is 9.84. The number of hydrogen-bond acceptors (Lipinski definition) is 4. The number of thiazole rings is 1. The fourth-order valence-corrected chi connectivity index (χ4v) is 3.20. The van der Waals surface area contributed by atoms with Crippen LogP contribution in [0.2, 0.25) is 0 Å². The maximum absolute atomic E-state index is 4.45.